The Morgan fingerprint density at radius 2 is 1.80 bits per heavy atom. The smallest absolute Gasteiger partial charge is 0.251 e. The Balaban J connectivity index is 2.15. The lowest BCUT2D eigenvalue weighted by Gasteiger charge is -2.17. The van der Waals surface area contributed by atoms with Crippen molar-refractivity contribution in [2.45, 2.75) is 26.8 Å². The van der Waals surface area contributed by atoms with E-state index in [2.05, 4.69) is 5.32 Å². The van der Waals surface area contributed by atoms with Crippen molar-refractivity contribution in [1.82, 2.24) is 5.32 Å². The number of nitrogens with one attached hydrogen (secondary N) is 1. The first-order valence-corrected chi connectivity index (χ1v) is 6.71. The fourth-order valence-electron chi connectivity index (χ4n) is 2.21. The van der Waals surface area contributed by atoms with Crippen LogP contribution in [0.3, 0.4) is 0 Å². The molecule has 2 aromatic rings. The van der Waals surface area contributed by atoms with Crippen LogP contribution in [0.15, 0.2) is 42.5 Å². The van der Waals surface area contributed by atoms with Crippen molar-refractivity contribution in [2.24, 2.45) is 0 Å². The Morgan fingerprint density at radius 3 is 2.45 bits per heavy atom. The van der Waals surface area contributed by atoms with Crippen LogP contribution < -0.4 is 11.1 Å². The zero-order valence-electron chi connectivity index (χ0n) is 12.1. The molecule has 0 aliphatic rings. The topological polar surface area (TPSA) is 55.1 Å². The van der Waals surface area contributed by atoms with Gasteiger partial charge in [0.25, 0.3) is 5.91 Å². The summed E-state index contributed by atoms with van der Waals surface area (Å²) in [7, 11) is 0. The highest BCUT2D eigenvalue weighted by Crippen LogP contribution is 2.18. The molecule has 2 aromatic carbocycles. The van der Waals surface area contributed by atoms with E-state index in [0.717, 1.165) is 11.1 Å². The fourth-order valence-corrected chi connectivity index (χ4v) is 2.21. The first kappa shape index (κ1) is 14.1. The highest BCUT2D eigenvalue weighted by molar-refractivity contribution is 5.95. The molecule has 1 atom stereocenters. The average Bonchev–Trinajstić information content (AvgIpc) is 2.42. The molecule has 3 nitrogen and oxygen atoms in total. The van der Waals surface area contributed by atoms with Crippen molar-refractivity contribution in [3.63, 3.8) is 0 Å². The van der Waals surface area contributed by atoms with Crippen LogP contribution in [-0.2, 0) is 0 Å². The minimum Gasteiger partial charge on any atom is -0.398 e. The van der Waals surface area contributed by atoms with Crippen LogP contribution in [0.4, 0.5) is 5.69 Å². The predicted molar refractivity (Wildman–Crippen MR) is 82.7 cm³/mol. The molecule has 0 saturated carbocycles. The Kier molecular flexibility index (Phi) is 4.08. The van der Waals surface area contributed by atoms with Gasteiger partial charge in [0, 0.05) is 11.3 Å². The molecule has 20 heavy (non-hydrogen) atoms. The number of nitrogens with two attached hydrogens (primary N) is 1. The van der Waals surface area contributed by atoms with Crippen LogP contribution in [-0.4, -0.2) is 5.91 Å². The number of carbonyl (C=O) groups is 1. The van der Waals surface area contributed by atoms with Gasteiger partial charge in [-0.1, -0.05) is 30.3 Å². The Labute approximate surface area is 119 Å². The van der Waals surface area contributed by atoms with Crippen molar-refractivity contribution < 1.29 is 4.79 Å². The van der Waals surface area contributed by atoms with Crippen LogP contribution in [0.1, 0.15) is 40.0 Å². The van der Waals surface area contributed by atoms with E-state index in [1.54, 1.807) is 12.1 Å². The van der Waals surface area contributed by atoms with Crippen molar-refractivity contribution in [3.05, 3.63) is 64.7 Å². The van der Waals surface area contributed by atoms with Crippen molar-refractivity contribution in [3.8, 4) is 0 Å². The second-order valence-corrected chi connectivity index (χ2v) is 5.12. The van der Waals surface area contributed by atoms with Gasteiger partial charge in [-0.3, -0.25) is 4.79 Å². The van der Waals surface area contributed by atoms with Crippen molar-refractivity contribution in [1.29, 1.82) is 0 Å². The maximum Gasteiger partial charge on any atom is 0.251 e. The number of hydrogen-bond acceptors (Lipinski definition) is 2. The van der Waals surface area contributed by atoms with Gasteiger partial charge in [-0.25, -0.2) is 0 Å². The Hall–Kier alpha value is -2.29. The van der Waals surface area contributed by atoms with Crippen LogP contribution in [0.2, 0.25) is 0 Å². The summed E-state index contributed by atoms with van der Waals surface area (Å²) in [4.78, 5) is 12.2. The lowest BCUT2D eigenvalue weighted by molar-refractivity contribution is 0.0940. The minimum absolute atomic E-state index is 0.0359. The summed E-state index contributed by atoms with van der Waals surface area (Å²) in [5.41, 5.74) is 10.4. The van der Waals surface area contributed by atoms with Crippen molar-refractivity contribution in [2.75, 3.05) is 5.73 Å². The van der Waals surface area contributed by atoms with E-state index < -0.39 is 0 Å². The number of anilines is 1. The summed E-state index contributed by atoms with van der Waals surface area (Å²) in [5.74, 6) is -0.104. The maximum absolute atomic E-state index is 12.2. The van der Waals surface area contributed by atoms with E-state index in [9.17, 15) is 4.79 Å². The van der Waals surface area contributed by atoms with Gasteiger partial charge in [-0.2, -0.15) is 0 Å². The molecular weight excluding hydrogens is 248 g/mol. The molecule has 3 heteroatoms. The molecule has 0 bridgehead atoms. The normalized spacial score (nSPS) is 11.9. The van der Waals surface area contributed by atoms with Crippen LogP contribution in [0.5, 0.6) is 0 Å². The molecule has 3 N–H and O–H groups in total. The predicted octanol–water partition coefficient (Wildman–Crippen LogP) is 3.38. The van der Waals surface area contributed by atoms with Gasteiger partial charge < -0.3 is 11.1 Å². The van der Waals surface area contributed by atoms with E-state index in [0.29, 0.717) is 11.3 Å². The molecule has 0 unspecified atom stereocenters. The van der Waals surface area contributed by atoms with E-state index in [1.807, 2.05) is 51.1 Å². The van der Waals surface area contributed by atoms with Gasteiger partial charge in [0.1, 0.15) is 0 Å². The summed E-state index contributed by atoms with van der Waals surface area (Å²) < 4.78 is 0. The van der Waals surface area contributed by atoms with Gasteiger partial charge in [0.15, 0.2) is 0 Å². The molecule has 0 heterocycles. The summed E-state index contributed by atoms with van der Waals surface area (Å²) in [6.45, 7) is 5.95. The molecule has 0 radical (unpaired) electrons. The summed E-state index contributed by atoms with van der Waals surface area (Å²) in [6.07, 6.45) is 0. The lowest BCUT2D eigenvalue weighted by atomic mass is 10.0. The highest BCUT2D eigenvalue weighted by atomic mass is 16.1. The number of hydrogen-bond donors (Lipinski definition) is 2. The minimum atomic E-state index is -0.104. The molecule has 0 fully saturated rings. The van der Waals surface area contributed by atoms with E-state index in [1.165, 1.54) is 5.56 Å². The zero-order valence-corrected chi connectivity index (χ0v) is 12.1. The number of aryl methyl sites for hydroxylation is 2. The lowest BCUT2D eigenvalue weighted by Crippen LogP contribution is -2.27. The standard InChI is InChI=1S/C17H20N2O/c1-11-6-4-5-7-15(11)13(3)19-17(20)14-9-8-12(2)16(18)10-14/h4-10,13H,18H2,1-3H3,(H,19,20)/t13-/m0/s1. The number of rotatable bonds is 3. The Morgan fingerprint density at radius 1 is 1.10 bits per heavy atom. The SMILES string of the molecule is Cc1ccc(C(=O)N[C@@H](C)c2ccccc2C)cc1N. The number of amides is 1. The summed E-state index contributed by atoms with van der Waals surface area (Å²) in [6, 6.07) is 13.4. The average molecular weight is 268 g/mol. The number of benzene rings is 2. The first-order chi connectivity index (χ1) is 9.49. The monoisotopic (exact) mass is 268 g/mol. The van der Waals surface area contributed by atoms with Gasteiger partial charge in [0.2, 0.25) is 0 Å². The first-order valence-electron chi connectivity index (χ1n) is 6.71. The number of carbonyl (C=O) groups excluding carboxylic acids is 1. The van der Waals surface area contributed by atoms with Crippen LogP contribution in [0.25, 0.3) is 0 Å². The molecule has 0 aromatic heterocycles. The third-order valence-electron chi connectivity index (χ3n) is 3.54. The molecule has 0 saturated heterocycles. The molecule has 104 valence electrons. The van der Waals surface area contributed by atoms with Gasteiger partial charge >= 0.3 is 0 Å². The van der Waals surface area contributed by atoms with E-state index >= 15 is 0 Å². The van der Waals surface area contributed by atoms with Gasteiger partial charge in [-0.05, 0) is 49.6 Å². The fraction of sp³-hybridized carbons (Fsp3) is 0.235. The molecular formula is C17H20N2O. The third-order valence-corrected chi connectivity index (χ3v) is 3.54. The quantitative estimate of drug-likeness (QED) is 0.838. The van der Waals surface area contributed by atoms with Crippen molar-refractivity contribution >= 4 is 11.6 Å². The number of nitrogen functional groups attached to an aromatic ring is 1. The van der Waals surface area contributed by atoms with Gasteiger partial charge in [0.05, 0.1) is 6.04 Å². The molecule has 0 aliphatic carbocycles. The summed E-state index contributed by atoms with van der Waals surface area (Å²) >= 11 is 0. The zero-order chi connectivity index (χ0) is 14.7. The third kappa shape index (κ3) is 2.99. The molecule has 0 aliphatic heterocycles. The van der Waals surface area contributed by atoms with Crippen LogP contribution in [0, 0.1) is 13.8 Å². The maximum atomic E-state index is 12.2. The highest BCUT2D eigenvalue weighted by Gasteiger charge is 2.13. The summed E-state index contributed by atoms with van der Waals surface area (Å²) in [5, 5.41) is 3.01. The van der Waals surface area contributed by atoms with Gasteiger partial charge in [-0.15, -0.1) is 0 Å². The van der Waals surface area contributed by atoms with E-state index in [-0.39, 0.29) is 11.9 Å². The second kappa shape index (κ2) is 5.78. The second-order valence-electron chi connectivity index (χ2n) is 5.12. The van der Waals surface area contributed by atoms with Crippen LogP contribution >= 0.6 is 0 Å². The molecule has 1 amide bonds. The Bertz CT molecular complexity index is 635. The molecule has 2 rings (SSSR count). The van der Waals surface area contributed by atoms with E-state index in [4.69, 9.17) is 5.73 Å². The largest absolute Gasteiger partial charge is 0.398 e. The molecule has 0 spiro atoms.